The van der Waals surface area contributed by atoms with E-state index in [0.717, 1.165) is 0 Å². The average molecular weight is 370 g/mol. The number of nitrogens with one attached hydrogen (secondary N) is 1. The lowest BCUT2D eigenvalue weighted by atomic mass is 10.1. The van der Waals surface area contributed by atoms with Crippen molar-refractivity contribution in [3.05, 3.63) is 64.6 Å². The molecule has 1 atom stereocenters. The quantitative estimate of drug-likeness (QED) is 0.481. The maximum atomic E-state index is 12.2. The molecule has 0 aliphatic heterocycles. The van der Waals surface area contributed by atoms with Gasteiger partial charge in [0.25, 0.3) is 0 Å². The van der Waals surface area contributed by atoms with Gasteiger partial charge in [-0.15, -0.1) is 0 Å². The first-order chi connectivity index (χ1) is 10.1. The molecule has 2 aromatic carbocycles. The Morgan fingerprint density at radius 2 is 1.67 bits per heavy atom. The Kier molecular flexibility index (Phi) is 5.49. The number of carbonyl (C=O) groups excluding carboxylic acids is 1. The first kappa shape index (κ1) is 15.7. The van der Waals surface area contributed by atoms with Crippen LogP contribution in [-0.4, -0.2) is 14.4 Å². The highest BCUT2D eigenvalue weighted by Gasteiger charge is 2.23. The van der Waals surface area contributed by atoms with Crippen molar-refractivity contribution in [3.8, 4) is 5.75 Å². The number of hydrogen-bond donors (Lipinski definition) is 2. The Balaban J connectivity index is 2.25. The van der Waals surface area contributed by atoms with Crippen LogP contribution in [0.2, 0.25) is 0 Å². The van der Waals surface area contributed by atoms with Gasteiger partial charge >= 0.3 is 5.97 Å². The molecule has 2 rings (SSSR count). The number of para-hydroxylation sites is 1. The predicted octanol–water partition coefficient (Wildman–Crippen LogP) is 2.21. The maximum Gasteiger partial charge on any atom is 0.334 e. The Morgan fingerprint density at radius 1 is 1.05 bits per heavy atom. The second kappa shape index (κ2) is 7.35. The highest BCUT2D eigenvalue weighted by Crippen LogP contribution is 2.25. The lowest BCUT2D eigenvalue weighted by molar-refractivity contribution is -0.136. The molecule has 0 aromatic heterocycles. The second-order valence-electron chi connectivity index (χ2n) is 4.08. The summed E-state index contributed by atoms with van der Waals surface area (Å²) in [6.45, 7) is 0. The third-order valence-electron chi connectivity index (χ3n) is 2.65. The number of hydrogen-bond acceptors (Lipinski definition) is 4. The van der Waals surface area contributed by atoms with Crippen LogP contribution in [0.25, 0.3) is 0 Å². The van der Waals surface area contributed by atoms with Gasteiger partial charge in [0, 0.05) is 0 Å². The lowest BCUT2D eigenvalue weighted by Crippen LogP contribution is -2.31. The van der Waals surface area contributed by atoms with Crippen molar-refractivity contribution in [3.63, 3.8) is 0 Å². The Morgan fingerprint density at radius 3 is 2.29 bits per heavy atom. The van der Waals surface area contributed by atoms with Crippen LogP contribution in [0, 0.1) is 0 Å². The molecule has 5 nitrogen and oxygen atoms in total. The minimum atomic E-state index is -2.94. The van der Waals surface area contributed by atoms with Crippen LogP contribution in [0.5, 0.6) is 5.75 Å². The SMILES string of the molecule is O=C(Oc1ccccc1Br)C(N[SH](=O)=O)c1ccccc1. The Bertz CT molecular complexity index is 695. The molecule has 110 valence electrons. The molecule has 1 unspecified atom stereocenters. The van der Waals surface area contributed by atoms with E-state index in [1.165, 1.54) is 0 Å². The topological polar surface area (TPSA) is 72.5 Å². The van der Waals surface area contributed by atoms with E-state index in [4.69, 9.17) is 4.74 Å². The van der Waals surface area contributed by atoms with Gasteiger partial charge in [0.15, 0.2) is 0 Å². The fraction of sp³-hybridized carbons (Fsp3) is 0.0714. The molecule has 21 heavy (non-hydrogen) atoms. The third-order valence-corrected chi connectivity index (χ3v) is 3.77. The molecule has 7 heteroatoms. The number of carbonyl (C=O) groups is 1. The summed E-state index contributed by atoms with van der Waals surface area (Å²) in [4.78, 5) is 12.2. The van der Waals surface area contributed by atoms with Crippen LogP contribution in [0.3, 0.4) is 0 Å². The van der Waals surface area contributed by atoms with E-state index >= 15 is 0 Å². The molecule has 0 spiro atoms. The molecule has 0 fully saturated rings. The molecule has 0 radical (unpaired) electrons. The standard InChI is InChI=1S/C14H12BrNO4S/c15-11-8-4-5-9-12(11)20-14(17)13(16-21(18)19)10-6-2-1-3-7-10/h1-9,13,21H,(H,16,18,19). The van der Waals surface area contributed by atoms with E-state index in [2.05, 4.69) is 20.7 Å². The summed E-state index contributed by atoms with van der Waals surface area (Å²) < 4.78 is 29.9. The van der Waals surface area contributed by atoms with E-state index in [0.29, 0.717) is 15.8 Å². The van der Waals surface area contributed by atoms with E-state index in [9.17, 15) is 13.2 Å². The van der Waals surface area contributed by atoms with Crippen molar-refractivity contribution < 1.29 is 17.9 Å². The number of halogens is 1. The van der Waals surface area contributed by atoms with Crippen LogP contribution in [0.15, 0.2) is 59.1 Å². The first-order valence-electron chi connectivity index (χ1n) is 5.99. The molecule has 0 amide bonds. The molecule has 0 saturated carbocycles. The predicted molar refractivity (Wildman–Crippen MR) is 82.4 cm³/mol. The molecule has 0 bridgehead atoms. The zero-order chi connectivity index (χ0) is 15.2. The largest absolute Gasteiger partial charge is 0.424 e. The zero-order valence-electron chi connectivity index (χ0n) is 10.7. The Hall–Kier alpha value is -1.70. The van der Waals surface area contributed by atoms with E-state index in [1.54, 1.807) is 54.6 Å². The monoisotopic (exact) mass is 369 g/mol. The van der Waals surface area contributed by atoms with E-state index < -0.39 is 22.9 Å². The van der Waals surface area contributed by atoms with Crippen LogP contribution >= 0.6 is 15.9 Å². The first-order valence-corrected chi connectivity index (χ1v) is 7.96. The molecule has 0 aliphatic carbocycles. The number of benzene rings is 2. The molecule has 2 aromatic rings. The van der Waals surface area contributed by atoms with Gasteiger partial charge in [-0.25, -0.2) is 13.2 Å². The third kappa shape index (κ3) is 4.38. The molecular weight excluding hydrogens is 358 g/mol. The molecule has 0 heterocycles. The minimum Gasteiger partial charge on any atom is -0.424 e. The summed E-state index contributed by atoms with van der Waals surface area (Å²) >= 11 is 3.26. The lowest BCUT2D eigenvalue weighted by Gasteiger charge is -2.15. The van der Waals surface area contributed by atoms with Gasteiger partial charge in [-0.2, -0.15) is 4.72 Å². The van der Waals surface area contributed by atoms with Gasteiger partial charge in [0.1, 0.15) is 11.8 Å². The summed E-state index contributed by atoms with van der Waals surface area (Å²) in [6.07, 6.45) is 0. The number of esters is 1. The summed E-state index contributed by atoms with van der Waals surface area (Å²) in [5.74, 6) is -0.376. The molecule has 0 saturated heterocycles. The molecule has 1 N–H and O–H groups in total. The summed E-state index contributed by atoms with van der Waals surface area (Å²) in [7, 11) is -2.94. The number of rotatable bonds is 5. The van der Waals surface area contributed by atoms with Gasteiger partial charge in [0.2, 0.25) is 10.9 Å². The van der Waals surface area contributed by atoms with Crippen molar-refractivity contribution in [1.29, 1.82) is 0 Å². The van der Waals surface area contributed by atoms with Gasteiger partial charge in [-0.3, -0.25) is 0 Å². The fourth-order valence-electron chi connectivity index (χ4n) is 1.71. The highest BCUT2D eigenvalue weighted by atomic mass is 79.9. The Labute approximate surface area is 132 Å². The van der Waals surface area contributed by atoms with Gasteiger partial charge in [-0.05, 0) is 33.6 Å². The van der Waals surface area contributed by atoms with E-state index in [1.807, 2.05) is 0 Å². The average Bonchev–Trinajstić information content (AvgIpc) is 2.48. The minimum absolute atomic E-state index is 0.325. The van der Waals surface area contributed by atoms with Gasteiger partial charge in [-0.1, -0.05) is 42.5 Å². The fourth-order valence-corrected chi connectivity index (χ4v) is 2.54. The highest BCUT2D eigenvalue weighted by molar-refractivity contribution is 9.10. The van der Waals surface area contributed by atoms with Crippen molar-refractivity contribution in [2.75, 3.05) is 0 Å². The van der Waals surface area contributed by atoms with Crippen LogP contribution in [-0.2, 0) is 15.7 Å². The van der Waals surface area contributed by atoms with Crippen LogP contribution in [0.1, 0.15) is 11.6 Å². The summed E-state index contributed by atoms with van der Waals surface area (Å²) in [6, 6.07) is 14.3. The molecule has 0 aliphatic rings. The molecular formula is C14H12BrNO4S. The van der Waals surface area contributed by atoms with Crippen molar-refractivity contribution in [2.45, 2.75) is 6.04 Å². The van der Waals surface area contributed by atoms with Crippen molar-refractivity contribution >= 4 is 32.8 Å². The van der Waals surface area contributed by atoms with Crippen LogP contribution < -0.4 is 9.46 Å². The zero-order valence-corrected chi connectivity index (χ0v) is 13.2. The van der Waals surface area contributed by atoms with Gasteiger partial charge < -0.3 is 4.74 Å². The normalized spacial score (nSPS) is 12.1. The van der Waals surface area contributed by atoms with Crippen molar-refractivity contribution in [2.24, 2.45) is 0 Å². The smallest absolute Gasteiger partial charge is 0.334 e. The second-order valence-corrected chi connectivity index (χ2v) is 5.71. The van der Waals surface area contributed by atoms with E-state index in [-0.39, 0.29) is 0 Å². The van der Waals surface area contributed by atoms with Crippen LogP contribution in [0.4, 0.5) is 0 Å². The summed E-state index contributed by atoms with van der Waals surface area (Å²) in [5, 5.41) is 0. The maximum absolute atomic E-state index is 12.2. The number of thiol groups is 1. The van der Waals surface area contributed by atoms with Gasteiger partial charge in [0.05, 0.1) is 4.47 Å². The number of ether oxygens (including phenoxy) is 1. The summed E-state index contributed by atoms with van der Waals surface area (Å²) in [5.41, 5.74) is 0.508. The van der Waals surface area contributed by atoms with Crippen molar-refractivity contribution in [1.82, 2.24) is 4.72 Å².